The van der Waals surface area contributed by atoms with E-state index in [1.807, 2.05) is 20.8 Å². The first-order chi connectivity index (χ1) is 20.1. The molecule has 1 saturated heterocycles. The largest absolute Gasteiger partial charge is 0.481 e. The zero-order valence-electron chi connectivity index (χ0n) is 23.8. The van der Waals surface area contributed by atoms with Crippen LogP contribution in [0.5, 0.6) is 11.5 Å². The van der Waals surface area contributed by atoms with Crippen molar-refractivity contribution in [2.75, 3.05) is 25.2 Å². The minimum absolute atomic E-state index is 0.00463. The molecule has 42 heavy (non-hydrogen) atoms. The maximum Gasteiger partial charge on any atom is 0.309 e. The van der Waals surface area contributed by atoms with E-state index < -0.39 is 35.6 Å². The van der Waals surface area contributed by atoms with Crippen LogP contribution >= 0.6 is 0 Å². The summed E-state index contributed by atoms with van der Waals surface area (Å²) in [6.07, 6.45) is 1.48. The Labute approximate surface area is 243 Å². The van der Waals surface area contributed by atoms with Crippen molar-refractivity contribution in [3.05, 3.63) is 87.7 Å². The third-order valence-corrected chi connectivity index (χ3v) is 8.12. The number of anilines is 1. The number of amides is 2. The number of primary amides is 1. The first-order valence-corrected chi connectivity index (χ1v) is 14.0. The van der Waals surface area contributed by atoms with Crippen LogP contribution in [0.3, 0.4) is 0 Å². The van der Waals surface area contributed by atoms with Crippen molar-refractivity contribution in [1.82, 2.24) is 4.90 Å². The quantitative estimate of drug-likeness (QED) is 0.341. The lowest BCUT2D eigenvalue weighted by atomic mass is 9.82. The molecule has 0 spiro atoms. The van der Waals surface area contributed by atoms with Gasteiger partial charge < -0.3 is 25.6 Å². The zero-order chi connectivity index (χ0) is 30.1. The molecule has 10 heteroatoms. The lowest BCUT2D eigenvalue weighted by Gasteiger charge is -2.27. The molecule has 0 saturated carbocycles. The highest BCUT2D eigenvalue weighted by Crippen LogP contribution is 2.48. The molecule has 2 amide bonds. The van der Waals surface area contributed by atoms with E-state index in [4.69, 9.17) is 15.2 Å². The molecule has 9 nitrogen and oxygen atoms in total. The average Bonchev–Trinajstić information content (AvgIpc) is 3.59. The number of ether oxygens (including phenoxy) is 2. The van der Waals surface area contributed by atoms with E-state index in [1.54, 1.807) is 23.1 Å². The fraction of sp³-hybridized carbons (Fsp3) is 0.344. The molecular weight excluding hydrogens is 541 g/mol. The van der Waals surface area contributed by atoms with Crippen LogP contribution in [-0.2, 0) is 22.4 Å². The molecule has 2 aliphatic heterocycles. The summed E-state index contributed by atoms with van der Waals surface area (Å²) >= 11 is 0. The number of benzene rings is 3. The maximum absolute atomic E-state index is 14.9. The Morgan fingerprint density at radius 3 is 2.29 bits per heavy atom. The minimum atomic E-state index is -1.09. The summed E-state index contributed by atoms with van der Waals surface area (Å²) in [7, 11) is 0. The molecule has 3 aromatic carbocycles. The highest BCUT2D eigenvalue weighted by Gasteiger charge is 2.48. The van der Waals surface area contributed by atoms with Gasteiger partial charge in [0.05, 0.1) is 12.5 Å². The standard InChI is InChI=1S/C32H34FN3O6/c1-4-18-10-17(3)11-19(5-2)28(18)35-26(37)15-36-14-23(22-12-24(33)30-25(13-22)41-16-42-30)27(32(39)40)29(36)20-6-8-21(9-7-20)31(34)38/h6-13,23,27,29H,4-5,14-16H2,1-3H3,(H2,34,38)(H,35,37)(H,39,40)/t23-,27-,29+/m1/s1. The molecule has 4 N–H and O–H groups in total. The molecule has 3 aromatic rings. The number of nitrogens with two attached hydrogens (primary N) is 1. The summed E-state index contributed by atoms with van der Waals surface area (Å²) in [5.41, 5.74) is 10.7. The summed E-state index contributed by atoms with van der Waals surface area (Å²) in [5, 5.41) is 13.6. The number of likely N-dealkylation sites (tertiary alicyclic amines) is 1. The fourth-order valence-corrected chi connectivity index (χ4v) is 6.20. The van der Waals surface area contributed by atoms with Gasteiger partial charge in [-0.3, -0.25) is 19.3 Å². The summed E-state index contributed by atoms with van der Waals surface area (Å²) < 4.78 is 25.5. The highest BCUT2D eigenvalue weighted by molar-refractivity contribution is 5.94. The Morgan fingerprint density at radius 1 is 1.02 bits per heavy atom. The number of carbonyl (C=O) groups excluding carboxylic acids is 2. The van der Waals surface area contributed by atoms with Gasteiger partial charge in [-0.15, -0.1) is 0 Å². The van der Waals surface area contributed by atoms with E-state index >= 15 is 0 Å². The monoisotopic (exact) mass is 575 g/mol. The van der Waals surface area contributed by atoms with Crippen LogP contribution < -0.4 is 20.5 Å². The van der Waals surface area contributed by atoms with Crippen molar-refractivity contribution in [3.63, 3.8) is 0 Å². The van der Waals surface area contributed by atoms with Gasteiger partial charge in [0.25, 0.3) is 0 Å². The van der Waals surface area contributed by atoms with Crippen LogP contribution in [0.15, 0.2) is 48.5 Å². The van der Waals surface area contributed by atoms with Crippen LogP contribution in [0.1, 0.15) is 64.0 Å². The number of fused-ring (bicyclic) bond motifs is 1. The van der Waals surface area contributed by atoms with E-state index in [0.29, 0.717) is 11.1 Å². The molecule has 220 valence electrons. The summed E-state index contributed by atoms with van der Waals surface area (Å²) in [6.45, 7) is 6.03. The number of aryl methyl sites for hydroxylation is 3. The van der Waals surface area contributed by atoms with Crippen LogP contribution in [0.4, 0.5) is 10.1 Å². The van der Waals surface area contributed by atoms with Gasteiger partial charge in [0.2, 0.25) is 24.4 Å². The summed E-state index contributed by atoms with van der Waals surface area (Å²) in [6, 6.07) is 12.6. The second kappa shape index (κ2) is 11.8. The van der Waals surface area contributed by atoms with Crippen molar-refractivity contribution in [3.8, 4) is 11.5 Å². The first kappa shape index (κ1) is 29.1. The molecule has 0 radical (unpaired) electrons. The van der Waals surface area contributed by atoms with Gasteiger partial charge >= 0.3 is 5.97 Å². The Morgan fingerprint density at radius 2 is 1.69 bits per heavy atom. The van der Waals surface area contributed by atoms with E-state index in [9.17, 15) is 23.9 Å². The Kier molecular flexibility index (Phi) is 8.17. The Hall–Kier alpha value is -4.44. The van der Waals surface area contributed by atoms with Crippen molar-refractivity contribution in [2.24, 2.45) is 11.7 Å². The van der Waals surface area contributed by atoms with E-state index in [-0.39, 0.29) is 42.9 Å². The van der Waals surface area contributed by atoms with Gasteiger partial charge in [0.1, 0.15) is 0 Å². The predicted octanol–water partition coefficient (Wildman–Crippen LogP) is 4.57. The normalized spacial score (nSPS) is 19.6. The number of carboxylic acid groups (broad SMARTS) is 1. The van der Waals surface area contributed by atoms with E-state index in [0.717, 1.165) is 35.2 Å². The number of hydrogen-bond acceptors (Lipinski definition) is 6. The molecule has 2 aliphatic rings. The molecule has 2 heterocycles. The maximum atomic E-state index is 14.9. The number of carboxylic acids is 1. The number of rotatable bonds is 9. The van der Waals surface area contributed by atoms with Gasteiger partial charge in [-0.1, -0.05) is 43.7 Å². The average molecular weight is 576 g/mol. The first-order valence-electron chi connectivity index (χ1n) is 14.0. The van der Waals surface area contributed by atoms with Crippen molar-refractivity contribution >= 4 is 23.5 Å². The van der Waals surface area contributed by atoms with Crippen molar-refractivity contribution < 1.29 is 33.4 Å². The summed E-state index contributed by atoms with van der Waals surface area (Å²) in [4.78, 5) is 39.9. The van der Waals surface area contributed by atoms with Crippen LogP contribution in [0, 0.1) is 18.7 Å². The number of nitrogens with zero attached hydrogens (tertiary/aromatic N) is 1. The number of aliphatic carboxylic acids is 1. The lowest BCUT2D eigenvalue weighted by molar-refractivity contribution is -0.143. The van der Waals surface area contributed by atoms with Gasteiger partial charge in [0.15, 0.2) is 11.6 Å². The minimum Gasteiger partial charge on any atom is -0.481 e. The third-order valence-electron chi connectivity index (χ3n) is 8.12. The van der Waals surface area contributed by atoms with Crippen molar-refractivity contribution in [2.45, 2.75) is 45.6 Å². The predicted molar refractivity (Wildman–Crippen MR) is 154 cm³/mol. The van der Waals surface area contributed by atoms with Crippen LogP contribution in [0.2, 0.25) is 0 Å². The third kappa shape index (κ3) is 5.54. The number of halogens is 1. The van der Waals surface area contributed by atoms with Gasteiger partial charge in [-0.25, -0.2) is 4.39 Å². The second-order valence-corrected chi connectivity index (χ2v) is 10.8. The zero-order valence-corrected chi connectivity index (χ0v) is 23.8. The molecule has 1 fully saturated rings. The van der Waals surface area contributed by atoms with Gasteiger partial charge in [0, 0.05) is 29.8 Å². The lowest BCUT2D eigenvalue weighted by Crippen LogP contribution is -2.35. The molecule has 3 atom stereocenters. The Bertz CT molecular complexity index is 1510. The topological polar surface area (TPSA) is 131 Å². The number of hydrogen-bond donors (Lipinski definition) is 3. The number of nitrogens with one attached hydrogen (secondary N) is 1. The smallest absolute Gasteiger partial charge is 0.309 e. The van der Waals surface area contributed by atoms with E-state index in [2.05, 4.69) is 17.4 Å². The Balaban J connectivity index is 1.52. The summed E-state index contributed by atoms with van der Waals surface area (Å²) in [5.74, 6) is -4.12. The second-order valence-electron chi connectivity index (χ2n) is 10.8. The molecule has 0 aromatic heterocycles. The van der Waals surface area contributed by atoms with Gasteiger partial charge in [-0.05, 0) is 66.3 Å². The molecular formula is C32H34FN3O6. The fourth-order valence-electron chi connectivity index (χ4n) is 6.20. The molecule has 0 unspecified atom stereocenters. The molecule has 5 rings (SSSR count). The molecule has 0 bridgehead atoms. The SMILES string of the molecule is CCc1cc(C)cc(CC)c1NC(=O)CN1C[C@H](c2cc(F)c3c(c2)OCO3)[C@@H](C(=O)O)[C@@H]1c1ccc(C(N)=O)cc1. The number of carbonyl (C=O) groups is 3. The van der Waals surface area contributed by atoms with Crippen molar-refractivity contribution in [1.29, 1.82) is 0 Å². The van der Waals surface area contributed by atoms with Crippen LogP contribution in [0.25, 0.3) is 0 Å². The van der Waals surface area contributed by atoms with Gasteiger partial charge in [-0.2, -0.15) is 0 Å². The molecule has 0 aliphatic carbocycles. The van der Waals surface area contributed by atoms with Crippen LogP contribution in [-0.4, -0.2) is 47.7 Å². The highest BCUT2D eigenvalue weighted by atomic mass is 19.1. The van der Waals surface area contributed by atoms with E-state index in [1.165, 1.54) is 18.2 Å².